The van der Waals surface area contributed by atoms with Gasteiger partial charge in [-0.05, 0) is 36.8 Å². The normalized spacial score (nSPS) is 18.4. The SMILES string of the molecule is C[C@@]1(CCc2ccccc2)NC(=O)N(NC(=O)COC(=O)Cc2cccs2)C1=O. The van der Waals surface area contributed by atoms with Crippen LogP contribution in [0.3, 0.4) is 0 Å². The number of nitrogens with zero attached hydrogens (tertiary/aromatic N) is 1. The van der Waals surface area contributed by atoms with Crippen LogP contribution >= 0.6 is 11.3 Å². The highest BCUT2D eigenvalue weighted by Crippen LogP contribution is 2.22. The number of hydrogen-bond donors (Lipinski definition) is 2. The minimum atomic E-state index is -1.13. The lowest BCUT2D eigenvalue weighted by Crippen LogP contribution is -2.50. The largest absolute Gasteiger partial charge is 0.455 e. The van der Waals surface area contributed by atoms with Crippen molar-refractivity contribution in [1.82, 2.24) is 15.8 Å². The number of carbonyl (C=O) groups excluding carboxylic acids is 4. The number of rotatable bonds is 8. The summed E-state index contributed by atoms with van der Waals surface area (Å²) >= 11 is 1.41. The van der Waals surface area contributed by atoms with E-state index < -0.39 is 36.0 Å². The Hall–Kier alpha value is -3.20. The monoisotopic (exact) mass is 415 g/mol. The van der Waals surface area contributed by atoms with Crippen LogP contribution in [0.15, 0.2) is 47.8 Å². The molecule has 0 saturated carbocycles. The van der Waals surface area contributed by atoms with E-state index in [4.69, 9.17) is 4.74 Å². The van der Waals surface area contributed by atoms with Gasteiger partial charge in [-0.3, -0.25) is 19.8 Å². The first kappa shape index (κ1) is 20.5. The van der Waals surface area contributed by atoms with Gasteiger partial charge >= 0.3 is 12.0 Å². The number of amides is 4. The average molecular weight is 415 g/mol. The van der Waals surface area contributed by atoms with E-state index in [9.17, 15) is 19.2 Å². The molecule has 0 radical (unpaired) electrons. The highest BCUT2D eigenvalue weighted by molar-refractivity contribution is 7.10. The Morgan fingerprint density at radius 1 is 1.17 bits per heavy atom. The van der Waals surface area contributed by atoms with E-state index in [0.29, 0.717) is 17.9 Å². The third-order valence-electron chi connectivity index (χ3n) is 4.52. The number of carbonyl (C=O) groups is 4. The summed E-state index contributed by atoms with van der Waals surface area (Å²) in [5, 5.41) is 5.09. The molecule has 4 amide bonds. The summed E-state index contributed by atoms with van der Waals surface area (Å²) in [7, 11) is 0. The minimum absolute atomic E-state index is 0.0611. The second-order valence-corrected chi connectivity index (χ2v) is 7.87. The third kappa shape index (κ3) is 5.20. The maximum Gasteiger partial charge on any atom is 0.344 e. The fourth-order valence-corrected chi connectivity index (χ4v) is 3.59. The number of urea groups is 1. The number of benzene rings is 1. The first-order valence-corrected chi connectivity index (χ1v) is 9.93. The number of hydrogen-bond acceptors (Lipinski definition) is 6. The molecule has 2 heterocycles. The van der Waals surface area contributed by atoms with Crippen molar-refractivity contribution in [3.8, 4) is 0 Å². The molecule has 3 rings (SSSR count). The predicted molar refractivity (Wildman–Crippen MR) is 106 cm³/mol. The van der Waals surface area contributed by atoms with Crippen molar-refractivity contribution in [3.05, 3.63) is 58.3 Å². The van der Waals surface area contributed by atoms with Crippen LogP contribution in [0.2, 0.25) is 0 Å². The molecule has 1 aliphatic rings. The van der Waals surface area contributed by atoms with Gasteiger partial charge in [0.05, 0.1) is 6.42 Å². The minimum Gasteiger partial charge on any atom is -0.455 e. The quantitative estimate of drug-likeness (QED) is 0.505. The summed E-state index contributed by atoms with van der Waals surface area (Å²) < 4.78 is 4.90. The third-order valence-corrected chi connectivity index (χ3v) is 5.39. The van der Waals surface area contributed by atoms with Crippen molar-refractivity contribution < 1.29 is 23.9 Å². The molecule has 29 heavy (non-hydrogen) atoms. The van der Waals surface area contributed by atoms with Crippen molar-refractivity contribution in [3.63, 3.8) is 0 Å². The molecule has 1 saturated heterocycles. The number of hydrazine groups is 1. The second kappa shape index (κ2) is 8.87. The number of esters is 1. The number of nitrogens with one attached hydrogen (secondary N) is 2. The molecular weight excluding hydrogens is 394 g/mol. The smallest absolute Gasteiger partial charge is 0.344 e. The van der Waals surface area contributed by atoms with E-state index in [2.05, 4.69) is 10.7 Å². The van der Waals surface area contributed by atoms with Crippen LogP contribution in [0.1, 0.15) is 23.8 Å². The van der Waals surface area contributed by atoms with Crippen LogP contribution in [0.25, 0.3) is 0 Å². The van der Waals surface area contributed by atoms with Gasteiger partial charge in [-0.2, -0.15) is 5.01 Å². The first-order chi connectivity index (χ1) is 13.9. The Balaban J connectivity index is 1.49. The number of thiophene rings is 1. The zero-order chi connectivity index (χ0) is 20.9. The molecule has 1 aromatic carbocycles. The van der Waals surface area contributed by atoms with Gasteiger partial charge in [-0.15, -0.1) is 11.3 Å². The van der Waals surface area contributed by atoms with Gasteiger partial charge in [0.25, 0.3) is 11.8 Å². The van der Waals surface area contributed by atoms with E-state index in [1.807, 2.05) is 41.8 Å². The van der Waals surface area contributed by atoms with Gasteiger partial charge in [0.1, 0.15) is 5.54 Å². The van der Waals surface area contributed by atoms with Crippen LogP contribution in [0, 0.1) is 0 Å². The van der Waals surface area contributed by atoms with E-state index in [1.54, 1.807) is 13.0 Å². The Labute approximate surface area is 171 Å². The van der Waals surface area contributed by atoms with Gasteiger partial charge in [0.15, 0.2) is 6.61 Å². The predicted octanol–water partition coefficient (Wildman–Crippen LogP) is 1.81. The fraction of sp³-hybridized carbons (Fsp3) is 0.300. The fourth-order valence-electron chi connectivity index (χ4n) is 2.90. The van der Waals surface area contributed by atoms with Crippen molar-refractivity contribution in [2.24, 2.45) is 0 Å². The molecule has 2 N–H and O–H groups in total. The Morgan fingerprint density at radius 3 is 2.62 bits per heavy atom. The number of ether oxygens (including phenoxy) is 1. The van der Waals surface area contributed by atoms with E-state index >= 15 is 0 Å². The van der Waals surface area contributed by atoms with Crippen LogP contribution in [0.4, 0.5) is 4.79 Å². The zero-order valence-corrected chi connectivity index (χ0v) is 16.7. The topological polar surface area (TPSA) is 105 Å². The summed E-state index contributed by atoms with van der Waals surface area (Å²) in [4.78, 5) is 49.4. The molecule has 0 aliphatic carbocycles. The van der Waals surface area contributed by atoms with Gasteiger partial charge in [0, 0.05) is 4.88 Å². The number of aryl methyl sites for hydroxylation is 1. The van der Waals surface area contributed by atoms with E-state index in [0.717, 1.165) is 10.4 Å². The maximum absolute atomic E-state index is 12.7. The standard InChI is InChI=1S/C20H21N3O5S/c1-20(10-9-14-6-3-2-4-7-14)18(26)23(19(27)21-20)22-16(24)13-28-17(25)12-15-8-5-11-29-15/h2-8,11H,9-10,12-13H2,1H3,(H,21,27)(H,22,24)/t20-/m0/s1. The van der Waals surface area contributed by atoms with E-state index in [1.165, 1.54) is 11.3 Å². The summed E-state index contributed by atoms with van der Waals surface area (Å²) in [5.74, 6) is -1.88. The van der Waals surface area contributed by atoms with E-state index in [-0.39, 0.29) is 6.42 Å². The molecule has 1 aromatic heterocycles. The van der Waals surface area contributed by atoms with Gasteiger partial charge in [-0.25, -0.2) is 4.79 Å². The van der Waals surface area contributed by atoms with Crippen molar-refractivity contribution in [2.45, 2.75) is 31.7 Å². The molecule has 152 valence electrons. The Bertz CT molecular complexity index is 900. The second-order valence-electron chi connectivity index (χ2n) is 6.84. The molecule has 1 aliphatic heterocycles. The molecular formula is C20H21N3O5S. The van der Waals surface area contributed by atoms with Crippen molar-refractivity contribution >= 4 is 35.2 Å². The first-order valence-electron chi connectivity index (χ1n) is 9.05. The highest BCUT2D eigenvalue weighted by atomic mass is 32.1. The maximum atomic E-state index is 12.7. The van der Waals surface area contributed by atoms with Crippen LogP contribution < -0.4 is 10.7 Å². The lowest BCUT2D eigenvalue weighted by atomic mass is 9.93. The molecule has 1 fully saturated rings. The molecule has 8 nitrogen and oxygen atoms in total. The van der Waals surface area contributed by atoms with Crippen LogP contribution in [-0.2, 0) is 32.0 Å². The van der Waals surface area contributed by atoms with Gasteiger partial charge < -0.3 is 10.1 Å². The van der Waals surface area contributed by atoms with Gasteiger partial charge in [-0.1, -0.05) is 36.4 Å². The molecule has 0 bridgehead atoms. The summed E-state index contributed by atoms with van der Waals surface area (Å²) in [6.07, 6.45) is 1.03. The average Bonchev–Trinajstić information content (AvgIpc) is 3.28. The van der Waals surface area contributed by atoms with Crippen LogP contribution in [0.5, 0.6) is 0 Å². The number of imide groups is 1. The molecule has 1 atom stereocenters. The van der Waals surface area contributed by atoms with Crippen molar-refractivity contribution in [2.75, 3.05) is 6.61 Å². The Morgan fingerprint density at radius 2 is 1.93 bits per heavy atom. The summed E-state index contributed by atoms with van der Waals surface area (Å²) in [5.41, 5.74) is 2.11. The molecule has 9 heteroatoms. The highest BCUT2D eigenvalue weighted by Gasteiger charge is 2.48. The molecule has 0 unspecified atom stereocenters. The zero-order valence-electron chi connectivity index (χ0n) is 15.8. The molecule has 0 spiro atoms. The Kier molecular flexibility index (Phi) is 6.28. The van der Waals surface area contributed by atoms with Crippen LogP contribution in [-0.4, -0.2) is 41.0 Å². The summed E-state index contributed by atoms with van der Waals surface area (Å²) in [6.45, 7) is 1.03. The van der Waals surface area contributed by atoms with Gasteiger partial charge in [0.2, 0.25) is 0 Å². The lowest BCUT2D eigenvalue weighted by molar-refractivity contribution is -0.150. The molecule has 2 aromatic rings. The lowest BCUT2D eigenvalue weighted by Gasteiger charge is -2.21. The van der Waals surface area contributed by atoms with Crippen molar-refractivity contribution in [1.29, 1.82) is 0 Å². The summed E-state index contributed by atoms with van der Waals surface area (Å²) in [6, 6.07) is 12.5.